The van der Waals surface area contributed by atoms with Gasteiger partial charge in [0.15, 0.2) is 0 Å². The Morgan fingerprint density at radius 2 is 1.90 bits per heavy atom. The van der Waals surface area contributed by atoms with Crippen molar-refractivity contribution in [3.8, 4) is 0 Å². The smallest absolute Gasteiger partial charge is 0.0176 e. The van der Waals surface area contributed by atoms with Gasteiger partial charge in [0.2, 0.25) is 0 Å². The van der Waals surface area contributed by atoms with Crippen molar-refractivity contribution >= 4 is 0 Å². The van der Waals surface area contributed by atoms with Gasteiger partial charge < -0.3 is 5.32 Å². The summed E-state index contributed by atoms with van der Waals surface area (Å²) >= 11 is 0. The second kappa shape index (κ2) is 5.41. The molecule has 104 valence electrons. The molecule has 0 heterocycles. The first-order valence-corrected chi connectivity index (χ1v) is 7.50. The minimum Gasteiger partial charge on any atom is -0.316 e. The van der Waals surface area contributed by atoms with Gasteiger partial charge in [0.05, 0.1) is 0 Å². The Bertz CT molecular complexity index is 615. The van der Waals surface area contributed by atoms with Crippen molar-refractivity contribution in [1.82, 2.24) is 5.32 Å². The van der Waals surface area contributed by atoms with Crippen LogP contribution in [-0.4, -0.2) is 13.1 Å². The van der Waals surface area contributed by atoms with Crippen molar-refractivity contribution in [2.24, 2.45) is 0 Å². The Morgan fingerprint density at radius 3 is 2.60 bits per heavy atom. The molecule has 1 heteroatoms. The molecule has 0 aliphatic heterocycles. The molecule has 0 aromatic heterocycles. The number of nitrogens with one attached hydrogen (secondary N) is 1. The summed E-state index contributed by atoms with van der Waals surface area (Å²) in [5, 5.41) is 3.53. The zero-order valence-electron chi connectivity index (χ0n) is 12.6. The highest BCUT2D eigenvalue weighted by molar-refractivity contribution is 5.42. The third-order valence-corrected chi connectivity index (χ3v) is 4.78. The molecule has 20 heavy (non-hydrogen) atoms. The number of hydrogen-bond donors (Lipinski definition) is 1. The number of likely N-dealkylation sites (N-methyl/N-ethyl adjacent to an activating group) is 1. The summed E-state index contributed by atoms with van der Waals surface area (Å²) in [5.41, 5.74) is 7.28. The Labute approximate surface area is 122 Å². The predicted molar refractivity (Wildman–Crippen MR) is 85.4 cm³/mol. The van der Waals surface area contributed by atoms with Crippen LogP contribution in [0, 0.1) is 13.8 Å². The molecule has 0 radical (unpaired) electrons. The largest absolute Gasteiger partial charge is 0.316 e. The van der Waals surface area contributed by atoms with Crippen LogP contribution in [0.25, 0.3) is 0 Å². The molecular weight excluding hydrogens is 242 g/mol. The van der Waals surface area contributed by atoms with E-state index in [1.54, 1.807) is 0 Å². The summed E-state index contributed by atoms with van der Waals surface area (Å²) in [5.74, 6) is 0.665. The van der Waals surface area contributed by atoms with Crippen molar-refractivity contribution in [3.63, 3.8) is 0 Å². The molecule has 0 fully saturated rings. The van der Waals surface area contributed by atoms with Crippen molar-refractivity contribution < 1.29 is 0 Å². The molecule has 2 aromatic carbocycles. The van der Waals surface area contributed by atoms with Gasteiger partial charge in [0.1, 0.15) is 0 Å². The quantitative estimate of drug-likeness (QED) is 0.887. The normalized spacial score (nSPS) is 18.2. The zero-order chi connectivity index (χ0) is 14.1. The highest BCUT2D eigenvalue weighted by Gasteiger charge is 2.31. The molecule has 1 nitrogen and oxygen atoms in total. The summed E-state index contributed by atoms with van der Waals surface area (Å²) in [4.78, 5) is 0. The fraction of sp³-hybridized carbons (Fsp3) is 0.368. The molecule has 1 aliphatic carbocycles. The van der Waals surface area contributed by atoms with E-state index in [9.17, 15) is 0 Å². The molecule has 1 N–H and O–H groups in total. The minimum absolute atomic E-state index is 0.534. The molecule has 3 rings (SSSR count). The molecule has 0 spiro atoms. The first-order chi connectivity index (χ1) is 9.69. The molecule has 0 saturated carbocycles. The second-order valence-electron chi connectivity index (χ2n) is 6.03. The maximum atomic E-state index is 3.53. The van der Waals surface area contributed by atoms with Crippen molar-refractivity contribution in [2.45, 2.75) is 38.6 Å². The SMILES string of the molecule is CNC(Cc1ccc(C)c(C)c1)C1Cc2ccccc21. The topological polar surface area (TPSA) is 12.0 Å². The molecule has 2 aromatic rings. The number of aryl methyl sites for hydroxylation is 2. The van der Waals surface area contributed by atoms with Crippen molar-refractivity contribution in [1.29, 1.82) is 0 Å². The van der Waals surface area contributed by atoms with Crippen LogP contribution in [0.1, 0.15) is 33.7 Å². The van der Waals surface area contributed by atoms with Gasteiger partial charge in [0, 0.05) is 12.0 Å². The van der Waals surface area contributed by atoms with Gasteiger partial charge in [0.25, 0.3) is 0 Å². The third-order valence-electron chi connectivity index (χ3n) is 4.78. The summed E-state index contributed by atoms with van der Waals surface area (Å²) in [6.07, 6.45) is 2.32. The Hall–Kier alpha value is -1.60. The lowest BCUT2D eigenvalue weighted by molar-refractivity contribution is 0.422. The van der Waals surface area contributed by atoms with E-state index in [0.717, 1.165) is 6.42 Å². The number of benzene rings is 2. The van der Waals surface area contributed by atoms with Gasteiger partial charge in [-0.05, 0) is 61.6 Å². The monoisotopic (exact) mass is 265 g/mol. The second-order valence-corrected chi connectivity index (χ2v) is 6.03. The van der Waals surface area contributed by atoms with E-state index < -0.39 is 0 Å². The number of fused-ring (bicyclic) bond motifs is 1. The number of hydrogen-bond acceptors (Lipinski definition) is 1. The van der Waals surface area contributed by atoms with Crippen LogP contribution in [0.4, 0.5) is 0 Å². The van der Waals surface area contributed by atoms with Crippen molar-refractivity contribution in [3.05, 3.63) is 70.3 Å². The summed E-state index contributed by atoms with van der Waals surface area (Å²) in [6, 6.07) is 16.2. The Kier molecular flexibility index (Phi) is 3.62. The minimum atomic E-state index is 0.534. The average molecular weight is 265 g/mol. The molecule has 2 unspecified atom stereocenters. The maximum Gasteiger partial charge on any atom is 0.0176 e. The van der Waals surface area contributed by atoms with Crippen LogP contribution >= 0.6 is 0 Å². The predicted octanol–water partition coefficient (Wildman–Crippen LogP) is 3.77. The van der Waals surface area contributed by atoms with E-state index >= 15 is 0 Å². The standard InChI is InChI=1S/C19H23N/c1-13-8-9-15(10-14(13)2)11-19(20-3)18-12-16-6-4-5-7-17(16)18/h4-10,18-20H,11-12H2,1-3H3. The first-order valence-electron chi connectivity index (χ1n) is 7.50. The van der Waals surface area contributed by atoms with Crippen molar-refractivity contribution in [2.75, 3.05) is 7.05 Å². The van der Waals surface area contributed by atoms with Gasteiger partial charge in [-0.15, -0.1) is 0 Å². The highest BCUT2D eigenvalue weighted by atomic mass is 14.9. The fourth-order valence-electron chi connectivity index (χ4n) is 3.29. The van der Waals surface area contributed by atoms with Crippen LogP contribution in [0.3, 0.4) is 0 Å². The van der Waals surface area contributed by atoms with Gasteiger partial charge in [-0.2, -0.15) is 0 Å². The lowest BCUT2D eigenvalue weighted by Crippen LogP contribution is -2.39. The van der Waals surface area contributed by atoms with Gasteiger partial charge in [-0.1, -0.05) is 42.5 Å². The van der Waals surface area contributed by atoms with E-state index in [0.29, 0.717) is 12.0 Å². The van der Waals surface area contributed by atoms with Crippen LogP contribution in [0.5, 0.6) is 0 Å². The molecule has 0 bridgehead atoms. The van der Waals surface area contributed by atoms with Crippen LogP contribution in [-0.2, 0) is 12.8 Å². The van der Waals surface area contributed by atoms with E-state index in [2.05, 4.69) is 68.7 Å². The van der Waals surface area contributed by atoms with Crippen LogP contribution in [0.2, 0.25) is 0 Å². The van der Waals surface area contributed by atoms with Crippen LogP contribution < -0.4 is 5.32 Å². The van der Waals surface area contributed by atoms with E-state index in [1.807, 2.05) is 0 Å². The Morgan fingerprint density at radius 1 is 1.10 bits per heavy atom. The fourth-order valence-corrected chi connectivity index (χ4v) is 3.29. The average Bonchev–Trinajstić information content (AvgIpc) is 2.43. The summed E-state index contributed by atoms with van der Waals surface area (Å²) < 4.78 is 0. The van der Waals surface area contributed by atoms with E-state index in [4.69, 9.17) is 0 Å². The highest BCUT2D eigenvalue weighted by Crippen LogP contribution is 2.38. The van der Waals surface area contributed by atoms with E-state index in [-0.39, 0.29) is 0 Å². The first kappa shape index (κ1) is 13.4. The zero-order valence-corrected chi connectivity index (χ0v) is 12.6. The molecule has 1 aliphatic rings. The third kappa shape index (κ3) is 2.38. The van der Waals surface area contributed by atoms with Crippen LogP contribution in [0.15, 0.2) is 42.5 Å². The summed E-state index contributed by atoms with van der Waals surface area (Å²) in [7, 11) is 2.09. The van der Waals surface area contributed by atoms with E-state index in [1.165, 1.54) is 34.2 Å². The molecular formula is C19H23N. The lowest BCUT2D eigenvalue weighted by atomic mass is 9.72. The molecule has 0 amide bonds. The Balaban J connectivity index is 1.77. The van der Waals surface area contributed by atoms with Gasteiger partial charge in [-0.25, -0.2) is 0 Å². The van der Waals surface area contributed by atoms with Gasteiger partial charge in [-0.3, -0.25) is 0 Å². The maximum absolute atomic E-state index is 3.53. The molecule has 0 saturated heterocycles. The molecule has 2 atom stereocenters. The number of rotatable bonds is 4. The van der Waals surface area contributed by atoms with Gasteiger partial charge >= 0.3 is 0 Å². The summed E-state index contributed by atoms with van der Waals surface area (Å²) in [6.45, 7) is 4.38. The lowest BCUT2D eigenvalue weighted by Gasteiger charge is -2.36.